The Morgan fingerprint density at radius 3 is 2.76 bits per heavy atom. The van der Waals surface area contributed by atoms with Gasteiger partial charge in [-0.05, 0) is 30.5 Å². The number of sulfonamides is 1. The quantitative estimate of drug-likeness (QED) is 0.844. The smallest absolute Gasteiger partial charge is 0.218 e. The van der Waals surface area contributed by atoms with E-state index in [-0.39, 0.29) is 11.8 Å². The van der Waals surface area contributed by atoms with Gasteiger partial charge in [0.2, 0.25) is 10.0 Å². The van der Waals surface area contributed by atoms with Crippen LogP contribution in [0.25, 0.3) is 0 Å². The Balaban J connectivity index is 2.08. The molecular weight excluding hydrogens is 238 g/mol. The van der Waals surface area contributed by atoms with Gasteiger partial charge in [-0.2, -0.15) is 0 Å². The number of pyridine rings is 1. The van der Waals surface area contributed by atoms with E-state index >= 15 is 0 Å². The molecule has 0 bridgehead atoms. The molecule has 6 heteroatoms. The van der Waals surface area contributed by atoms with E-state index in [1.165, 1.54) is 4.31 Å². The van der Waals surface area contributed by atoms with Crippen LogP contribution in [0.5, 0.6) is 0 Å². The topological polar surface area (TPSA) is 76.3 Å². The molecule has 1 fully saturated rings. The summed E-state index contributed by atoms with van der Waals surface area (Å²) in [7, 11) is -3.24. The zero-order valence-electron chi connectivity index (χ0n) is 9.62. The van der Waals surface area contributed by atoms with Gasteiger partial charge in [-0.25, -0.2) is 12.7 Å². The van der Waals surface area contributed by atoms with Gasteiger partial charge in [0.05, 0.1) is 5.75 Å². The third-order valence-electron chi connectivity index (χ3n) is 2.91. The maximum atomic E-state index is 12.2. The highest BCUT2D eigenvalue weighted by Crippen LogP contribution is 2.16. The second kappa shape index (κ2) is 5.12. The molecule has 1 aromatic heterocycles. The lowest BCUT2D eigenvalue weighted by molar-refractivity contribution is 0.316. The molecule has 0 aromatic carbocycles. The zero-order valence-corrected chi connectivity index (χ0v) is 10.4. The summed E-state index contributed by atoms with van der Waals surface area (Å²) in [4.78, 5) is 3.87. The Morgan fingerprint density at radius 1 is 1.41 bits per heavy atom. The third kappa shape index (κ3) is 3.24. The molecule has 1 aromatic rings. The van der Waals surface area contributed by atoms with Crippen molar-refractivity contribution in [2.24, 2.45) is 5.73 Å². The summed E-state index contributed by atoms with van der Waals surface area (Å²) < 4.78 is 25.8. The van der Waals surface area contributed by atoms with Crippen LogP contribution >= 0.6 is 0 Å². The number of piperidine rings is 1. The van der Waals surface area contributed by atoms with Crippen LogP contribution in [0, 0.1) is 0 Å². The summed E-state index contributed by atoms with van der Waals surface area (Å²) in [6.45, 7) is 1.02. The molecule has 2 N–H and O–H groups in total. The van der Waals surface area contributed by atoms with Gasteiger partial charge in [-0.1, -0.05) is 0 Å². The fraction of sp³-hybridized carbons (Fsp3) is 0.545. The Bertz CT molecular complexity index is 461. The molecule has 0 saturated carbocycles. The predicted molar refractivity (Wildman–Crippen MR) is 65.6 cm³/mol. The molecule has 1 aliphatic heterocycles. The van der Waals surface area contributed by atoms with E-state index < -0.39 is 10.0 Å². The number of aromatic nitrogens is 1. The first kappa shape index (κ1) is 12.5. The van der Waals surface area contributed by atoms with Gasteiger partial charge >= 0.3 is 0 Å². The molecule has 1 aliphatic rings. The summed E-state index contributed by atoms with van der Waals surface area (Å²) >= 11 is 0. The van der Waals surface area contributed by atoms with Crippen LogP contribution in [0.1, 0.15) is 18.4 Å². The van der Waals surface area contributed by atoms with Gasteiger partial charge in [-0.3, -0.25) is 4.98 Å². The van der Waals surface area contributed by atoms with Crippen LogP contribution in [0.15, 0.2) is 24.5 Å². The first-order valence-corrected chi connectivity index (χ1v) is 7.31. The van der Waals surface area contributed by atoms with Crippen molar-refractivity contribution in [1.82, 2.24) is 9.29 Å². The highest BCUT2D eigenvalue weighted by molar-refractivity contribution is 7.88. The molecule has 17 heavy (non-hydrogen) atoms. The van der Waals surface area contributed by atoms with Gasteiger partial charge in [0.15, 0.2) is 0 Å². The van der Waals surface area contributed by atoms with Crippen molar-refractivity contribution in [1.29, 1.82) is 0 Å². The second-order valence-corrected chi connectivity index (χ2v) is 6.34. The van der Waals surface area contributed by atoms with Crippen molar-refractivity contribution in [3.05, 3.63) is 30.1 Å². The second-order valence-electron chi connectivity index (χ2n) is 4.37. The minimum Gasteiger partial charge on any atom is -0.327 e. The molecule has 0 aliphatic carbocycles. The molecule has 0 spiro atoms. The molecule has 5 nitrogen and oxygen atoms in total. The minimum absolute atomic E-state index is 0.0300. The van der Waals surface area contributed by atoms with Crippen molar-refractivity contribution < 1.29 is 8.42 Å². The Morgan fingerprint density at radius 2 is 2.12 bits per heavy atom. The summed E-state index contributed by atoms with van der Waals surface area (Å²) in [5.41, 5.74) is 6.56. The predicted octanol–water partition coefficient (Wildman–Crippen LogP) is 0.334. The van der Waals surface area contributed by atoms with Crippen LogP contribution in [0.2, 0.25) is 0 Å². The van der Waals surface area contributed by atoms with Crippen LogP contribution in [-0.2, 0) is 15.8 Å². The average Bonchev–Trinajstić information content (AvgIpc) is 2.30. The van der Waals surface area contributed by atoms with Crippen LogP contribution < -0.4 is 5.73 Å². The highest BCUT2D eigenvalue weighted by atomic mass is 32.2. The molecule has 1 atom stereocenters. The average molecular weight is 255 g/mol. The maximum absolute atomic E-state index is 12.2. The number of hydrogen-bond acceptors (Lipinski definition) is 4. The molecular formula is C11H17N3O2S. The number of hydrogen-bond donors (Lipinski definition) is 1. The fourth-order valence-corrected chi connectivity index (χ4v) is 3.63. The zero-order chi connectivity index (χ0) is 12.3. The summed E-state index contributed by atoms with van der Waals surface area (Å²) in [6.07, 6.45) is 4.96. The van der Waals surface area contributed by atoms with Gasteiger partial charge in [0, 0.05) is 31.5 Å². The van der Waals surface area contributed by atoms with Crippen molar-refractivity contribution in [2.75, 3.05) is 13.1 Å². The Hall–Kier alpha value is -0.980. The molecule has 2 rings (SSSR count). The highest BCUT2D eigenvalue weighted by Gasteiger charge is 2.27. The minimum atomic E-state index is -3.24. The summed E-state index contributed by atoms with van der Waals surface area (Å²) in [5, 5.41) is 0. The maximum Gasteiger partial charge on any atom is 0.218 e. The van der Waals surface area contributed by atoms with Crippen molar-refractivity contribution in [3.8, 4) is 0 Å². The Labute approximate surface area is 102 Å². The molecule has 0 unspecified atom stereocenters. The first-order valence-electron chi connectivity index (χ1n) is 5.70. The lowest BCUT2D eigenvalue weighted by Gasteiger charge is -2.29. The summed E-state index contributed by atoms with van der Waals surface area (Å²) in [5.74, 6) is 0.0300. The monoisotopic (exact) mass is 255 g/mol. The molecule has 2 heterocycles. The standard InChI is InChI=1S/C11H17N3O2S/c12-11-2-1-7-14(8-11)17(15,16)9-10-3-5-13-6-4-10/h3-6,11H,1-2,7-9,12H2/t11-/m1/s1. The van der Waals surface area contributed by atoms with Crippen LogP contribution in [0.3, 0.4) is 0 Å². The molecule has 1 saturated heterocycles. The third-order valence-corrected chi connectivity index (χ3v) is 4.73. The van der Waals surface area contributed by atoms with E-state index in [1.54, 1.807) is 24.5 Å². The van der Waals surface area contributed by atoms with E-state index in [0.717, 1.165) is 18.4 Å². The van der Waals surface area contributed by atoms with Crippen molar-refractivity contribution in [3.63, 3.8) is 0 Å². The first-order chi connectivity index (χ1) is 8.08. The van der Waals surface area contributed by atoms with Crippen LogP contribution in [-0.4, -0.2) is 36.8 Å². The normalized spacial score (nSPS) is 22.5. The summed E-state index contributed by atoms with van der Waals surface area (Å²) in [6, 6.07) is 3.42. The van der Waals surface area contributed by atoms with Crippen molar-refractivity contribution in [2.45, 2.75) is 24.6 Å². The van der Waals surface area contributed by atoms with Crippen molar-refractivity contribution >= 4 is 10.0 Å². The number of rotatable bonds is 3. The molecule has 0 radical (unpaired) electrons. The molecule has 0 amide bonds. The van der Waals surface area contributed by atoms with Gasteiger partial charge in [0.1, 0.15) is 0 Å². The van der Waals surface area contributed by atoms with E-state index in [0.29, 0.717) is 13.1 Å². The van der Waals surface area contributed by atoms with E-state index in [4.69, 9.17) is 5.73 Å². The van der Waals surface area contributed by atoms with Crippen LogP contribution in [0.4, 0.5) is 0 Å². The lowest BCUT2D eigenvalue weighted by atomic mass is 10.1. The number of nitrogens with zero attached hydrogens (tertiary/aromatic N) is 2. The SMILES string of the molecule is N[C@@H]1CCCN(S(=O)(=O)Cc2ccncc2)C1. The van der Waals surface area contributed by atoms with E-state index in [9.17, 15) is 8.42 Å². The Kier molecular flexibility index (Phi) is 3.76. The van der Waals surface area contributed by atoms with Gasteiger partial charge in [-0.15, -0.1) is 0 Å². The van der Waals surface area contributed by atoms with Gasteiger partial charge < -0.3 is 5.73 Å². The van der Waals surface area contributed by atoms with Gasteiger partial charge in [0.25, 0.3) is 0 Å². The van der Waals surface area contributed by atoms with E-state index in [2.05, 4.69) is 4.98 Å². The van der Waals surface area contributed by atoms with E-state index in [1.807, 2.05) is 0 Å². The molecule has 94 valence electrons. The largest absolute Gasteiger partial charge is 0.327 e. The lowest BCUT2D eigenvalue weighted by Crippen LogP contribution is -2.46. The number of nitrogens with two attached hydrogens (primary N) is 1. The fourth-order valence-electron chi connectivity index (χ4n) is 2.01.